The van der Waals surface area contributed by atoms with Gasteiger partial charge in [0, 0.05) is 24.1 Å². The lowest BCUT2D eigenvalue weighted by Crippen LogP contribution is -2.53. The Kier molecular flexibility index (Phi) is 4.25. The van der Waals surface area contributed by atoms with Crippen LogP contribution in [0.5, 0.6) is 0 Å². The second-order valence-electron chi connectivity index (χ2n) is 7.93. The van der Waals surface area contributed by atoms with Gasteiger partial charge in [0.1, 0.15) is 5.57 Å². The molecule has 0 radical (unpaired) electrons. The Balaban J connectivity index is 1.72. The number of nitrogens with zero attached hydrogens (tertiary/aromatic N) is 2. The maximum atomic E-state index is 12.7. The summed E-state index contributed by atoms with van der Waals surface area (Å²) in [6, 6.07) is 6.20. The fraction of sp³-hybridized carbons (Fsp3) is 0.409. The molecule has 1 saturated carbocycles. The summed E-state index contributed by atoms with van der Waals surface area (Å²) in [7, 11) is 0. The molecule has 0 bridgehead atoms. The highest BCUT2D eigenvalue weighted by Crippen LogP contribution is 2.49. The zero-order chi connectivity index (χ0) is 19.3. The summed E-state index contributed by atoms with van der Waals surface area (Å²) in [4.78, 5) is 30.0. The smallest absolute Gasteiger partial charge is 0.341 e. The number of hydrogen-bond acceptors (Lipinski definition) is 3. The molecular formula is C22H24N2O3. The fourth-order valence-corrected chi connectivity index (χ4v) is 4.70. The van der Waals surface area contributed by atoms with Crippen molar-refractivity contribution < 1.29 is 14.7 Å². The van der Waals surface area contributed by atoms with Crippen molar-refractivity contribution in [2.75, 3.05) is 0 Å². The first-order valence-corrected chi connectivity index (χ1v) is 9.45. The van der Waals surface area contributed by atoms with Gasteiger partial charge < -0.3 is 10.0 Å². The predicted molar refractivity (Wildman–Crippen MR) is 104 cm³/mol. The van der Waals surface area contributed by atoms with Crippen molar-refractivity contribution >= 4 is 24.3 Å². The van der Waals surface area contributed by atoms with E-state index in [1.165, 1.54) is 5.56 Å². The van der Waals surface area contributed by atoms with Crippen molar-refractivity contribution in [2.45, 2.75) is 38.6 Å². The average molecular weight is 364 g/mol. The summed E-state index contributed by atoms with van der Waals surface area (Å²) in [5.41, 5.74) is 3.07. The van der Waals surface area contributed by atoms with Crippen molar-refractivity contribution in [1.82, 2.24) is 4.90 Å². The van der Waals surface area contributed by atoms with E-state index in [9.17, 15) is 14.7 Å². The molecular weight excluding hydrogens is 340 g/mol. The first-order valence-electron chi connectivity index (χ1n) is 9.45. The molecule has 4 unspecified atom stereocenters. The molecule has 1 amide bonds. The summed E-state index contributed by atoms with van der Waals surface area (Å²) in [5, 5.41) is 9.44. The van der Waals surface area contributed by atoms with E-state index >= 15 is 0 Å². The molecule has 140 valence electrons. The minimum absolute atomic E-state index is 0.000567. The highest BCUT2D eigenvalue weighted by molar-refractivity contribution is 6.16. The van der Waals surface area contributed by atoms with Crippen molar-refractivity contribution in [1.29, 1.82) is 0 Å². The Morgan fingerprint density at radius 1 is 1.33 bits per heavy atom. The number of aryl methyl sites for hydroxylation is 1. The summed E-state index contributed by atoms with van der Waals surface area (Å²) >= 11 is 0. The maximum absolute atomic E-state index is 12.7. The largest absolute Gasteiger partial charge is 0.478 e. The molecule has 1 N–H and O–H groups in total. The van der Waals surface area contributed by atoms with E-state index in [1.54, 1.807) is 17.2 Å². The van der Waals surface area contributed by atoms with Crippen molar-refractivity contribution in [3.05, 3.63) is 53.3 Å². The second kappa shape index (κ2) is 6.48. The number of allylic oxidation sites excluding steroid dienone is 1. The van der Waals surface area contributed by atoms with Gasteiger partial charge in [-0.2, -0.15) is 0 Å². The van der Waals surface area contributed by atoms with Crippen LogP contribution in [0.15, 0.2) is 47.1 Å². The fourth-order valence-electron chi connectivity index (χ4n) is 4.70. The second-order valence-corrected chi connectivity index (χ2v) is 7.93. The van der Waals surface area contributed by atoms with Crippen LogP contribution < -0.4 is 0 Å². The molecule has 3 aliphatic rings. The molecule has 0 spiro atoms. The van der Waals surface area contributed by atoms with Crippen molar-refractivity contribution in [3.8, 4) is 0 Å². The number of carbonyl (C=O) groups excluding carboxylic acids is 1. The summed E-state index contributed by atoms with van der Waals surface area (Å²) in [5.74, 6) is -0.574. The normalized spacial score (nSPS) is 29.9. The number of hydrogen-bond donors (Lipinski definition) is 1. The number of fused-ring (bicyclic) bond motifs is 1. The molecule has 4 atom stereocenters. The van der Waals surface area contributed by atoms with Crippen LogP contribution in [0.3, 0.4) is 0 Å². The summed E-state index contributed by atoms with van der Waals surface area (Å²) in [6.07, 6.45) is 7.77. The van der Waals surface area contributed by atoms with Crippen LogP contribution in [0.25, 0.3) is 0 Å². The molecule has 0 aromatic heterocycles. The molecule has 27 heavy (non-hydrogen) atoms. The highest BCUT2D eigenvalue weighted by atomic mass is 16.4. The zero-order valence-corrected chi connectivity index (χ0v) is 15.6. The van der Waals surface area contributed by atoms with Crippen molar-refractivity contribution in [3.63, 3.8) is 0 Å². The van der Waals surface area contributed by atoms with Gasteiger partial charge in [-0.3, -0.25) is 9.79 Å². The standard InChI is InChI=1S/C22H24N2O3/c1-12-10-15(6-7-19(12)23-3)16-8-9-24-20(13(16)2)17(14-4-5-14)11-18(21(24)25)22(26)27/h6-11,13-14,16-17,20H,3-5H2,1-2H3,(H,26,27). The van der Waals surface area contributed by atoms with Crippen LogP contribution >= 0.6 is 0 Å². The number of amides is 1. The molecule has 2 heterocycles. The number of carboxylic acids is 1. The zero-order valence-electron chi connectivity index (χ0n) is 15.6. The van der Waals surface area contributed by atoms with Gasteiger partial charge in [0.2, 0.25) is 0 Å². The quantitative estimate of drug-likeness (QED) is 0.652. The number of carboxylic acid groups (broad SMARTS) is 1. The van der Waals surface area contributed by atoms with Crippen LogP contribution in [0.1, 0.15) is 36.8 Å². The Bertz CT molecular complexity index is 882. The van der Waals surface area contributed by atoms with Crippen LogP contribution in [0, 0.1) is 24.7 Å². The summed E-state index contributed by atoms with van der Waals surface area (Å²) in [6.45, 7) is 7.80. The molecule has 1 fully saturated rings. The minimum Gasteiger partial charge on any atom is -0.478 e. The van der Waals surface area contributed by atoms with Crippen LogP contribution in [-0.2, 0) is 9.59 Å². The molecule has 5 heteroatoms. The maximum Gasteiger partial charge on any atom is 0.341 e. The number of rotatable bonds is 4. The lowest BCUT2D eigenvalue weighted by Gasteiger charge is -2.46. The van der Waals surface area contributed by atoms with Gasteiger partial charge in [0.25, 0.3) is 5.91 Å². The summed E-state index contributed by atoms with van der Waals surface area (Å²) < 4.78 is 0. The van der Waals surface area contributed by atoms with Gasteiger partial charge in [-0.05, 0) is 55.5 Å². The van der Waals surface area contributed by atoms with E-state index in [4.69, 9.17) is 0 Å². The molecule has 1 aromatic carbocycles. The van der Waals surface area contributed by atoms with Crippen LogP contribution in [0.4, 0.5) is 5.69 Å². The van der Waals surface area contributed by atoms with Gasteiger partial charge in [-0.1, -0.05) is 31.2 Å². The SMILES string of the molecule is C=Nc1ccc(C2C=CN3C(=O)C(C(=O)O)=CC(C4CC4)C3C2C)cc1C. The molecule has 1 aromatic rings. The van der Waals surface area contributed by atoms with E-state index in [-0.39, 0.29) is 29.4 Å². The average Bonchev–Trinajstić information content (AvgIpc) is 3.47. The molecule has 5 nitrogen and oxygen atoms in total. The van der Waals surface area contributed by atoms with Gasteiger partial charge in [0.05, 0.1) is 5.69 Å². The third-order valence-corrected chi connectivity index (χ3v) is 6.27. The molecule has 0 saturated heterocycles. The van der Waals surface area contributed by atoms with E-state index in [0.717, 1.165) is 24.1 Å². The van der Waals surface area contributed by atoms with Crippen molar-refractivity contribution in [2.24, 2.45) is 22.7 Å². The number of aliphatic carboxylic acids is 1. The predicted octanol–water partition coefficient (Wildman–Crippen LogP) is 3.82. The van der Waals surface area contributed by atoms with Gasteiger partial charge in [-0.25, -0.2) is 4.79 Å². The first kappa shape index (κ1) is 17.7. The Hall–Kier alpha value is -2.69. The molecule has 2 aliphatic heterocycles. The third kappa shape index (κ3) is 2.91. The highest BCUT2D eigenvalue weighted by Gasteiger charge is 2.49. The Labute approximate surface area is 159 Å². The lowest BCUT2D eigenvalue weighted by atomic mass is 9.71. The lowest BCUT2D eigenvalue weighted by molar-refractivity contribution is -0.139. The minimum atomic E-state index is -1.13. The topological polar surface area (TPSA) is 70.0 Å². The molecule has 4 rings (SSSR count). The first-order chi connectivity index (χ1) is 12.9. The third-order valence-electron chi connectivity index (χ3n) is 6.27. The Morgan fingerprint density at radius 3 is 2.67 bits per heavy atom. The number of aliphatic imine (C=N–C) groups is 1. The Morgan fingerprint density at radius 2 is 2.07 bits per heavy atom. The van der Waals surface area contributed by atoms with E-state index in [0.29, 0.717) is 5.92 Å². The van der Waals surface area contributed by atoms with E-state index in [1.807, 2.05) is 19.1 Å². The number of benzene rings is 1. The van der Waals surface area contributed by atoms with Crippen LogP contribution in [-0.4, -0.2) is 34.6 Å². The van der Waals surface area contributed by atoms with Crippen LogP contribution in [0.2, 0.25) is 0 Å². The van der Waals surface area contributed by atoms with Gasteiger partial charge in [-0.15, -0.1) is 0 Å². The van der Waals surface area contributed by atoms with Gasteiger partial charge >= 0.3 is 5.97 Å². The monoisotopic (exact) mass is 364 g/mol. The number of carbonyl (C=O) groups is 2. The van der Waals surface area contributed by atoms with Gasteiger partial charge in [0.15, 0.2) is 0 Å². The molecule has 1 aliphatic carbocycles. The van der Waals surface area contributed by atoms with E-state index in [2.05, 4.69) is 30.8 Å². The van der Waals surface area contributed by atoms with E-state index < -0.39 is 11.9 Å².